The molecule has 0 saturated carbocycles. The van der Waals surface area contributed by atoms with Crippen LogP contribution in [-0.4, -0.2) is 43.0 Å². The molecular weight excluding hydrogens is 555 g/mol. The van der Waals surface area contributed by atoms with Gasteiger partial charge in [0.2, 0.25) is 0 Å². The molecule has 0 saturated heterocycles. The lowest BCUT2D eigenvalue weighted by Crippen LogP contribution is -2.21. The van der Waals surface area contributed by atoms with Crippen molar-refractivity contribution in [2.45, 2.75) is 25.6 Å². The number of aromatic nitrogens is 2. The molecule has 0 spiro atoms. The number of sulfone groups is 1. The van der Waals surface area contributed by atoms with Crippen LogP contribution in [0.1, 0.15) is 17.7 Å². The highest BCUT2D eigenvalue weighted by Gasteiger charge is 2.18. The van der Waals surface area contributed by atoms with Gasteiger partial charge in [-0.25, -0.2) is 22.8 Å². The Balaban J connectivity index is 1.25. The molecule has 11 heteroatoms. The molecule has 1 atom stereocenters. The van der Waals surface area contributed by atoms with Gasteiger partial charge in [0.05, 0.1) is 28.9 Å². The number of halogens is 2. The maximum atomic E-state index is 13.4. The second-order valence-electron chi connectivity index (χ2n) is 9.53. The molecule has 2 aromatic heterocycles. The van der Waals surface area contributed by atoms with E-state index >= 15 is 0 Å². The quantitative estimate of drug-likeness (QED) is 0.221. The largest absolute Gasteiger partial charge is 0.488 e. The summed E-state index contributed by atoms with van der Waals surface area (Å²) in [5.41, 5.74) is 2.36. The van der Waals surface area contributed by atoms with E-state index in [1.54, 1.807) is 12.1 Å². The highest BCUT2D eigenvalue weighted by molar-refractivity contribution is 7.90. The zero-order chi connectivity index (χ0) is 28.1. The lowest BCUT2D eigenvalue weighted by molar-refractivity contribution is 0.207. The van der Waals surface area contributed by atoms with E-state index in [1.165, 1.54) is 24.7 Å². The summed E-state index contributed by atoms with van der Waals surface area (Å²) in [5, 5.41) is 7.90. The van der Waals surface area contributed by atoms with Crippen LogP contribution >= 0.6 is 11.6 Å². The number of allylic oxidation sites excluding steroid dienone is 1. The maximum absolute atomic E-state index is 13.4. The average Bonchev–Trinajstić information content (AvgIpc) is 3.39. The summed E-state index contributed by atoms with van der Waals surface area (Å²) < 4.78 is 47.8. The van der Waals surface area contributed by atoms with Gasteiger partial charge in [0.15, 0.2) is 0 Å². The van der Waals surface area contributed by atoms with Crippen molar-refractivity contribution in [2.24, 2.45) is 0 Å². The van der Waals surface area contributed by atoms with Crippen LogP contribution in [-0.2, 0) is 27.7 Å². The second kappa shape index (κ2) is 12.2. The molecule has 5 rings (SSSR count). The second-order valence-corrected chi connectivity index (χ2v) is 12.2. The normalized spacial score (nSPS) is 15.5. The molecule has 2 aromatic carbocycles. The molecule has 8 nitrogen and oxygen atoms in total. The van der Waals surface area contributed by atoms with Crippen molar-refractivity contribution in [3.05, 3.63) is 101 Å². The lowest BCUT2D eigenvalue weighted by Gasteiger charge is -2.21. The molecular formula is C29H28ClFN4O4S. The molecule has 0 fully saturated rings. The van der Waals surface area contributed by atoms with Gasteiger partial charge in [-0.15, -0.1) is 0 Å². The third-order valence-electron chi connectivity index (χ3n) is 6.28. The number of anilines is 1. The summed E-state index contributed by atoms with van der Waals surface area (Å²) >= 11 is 6.54. The van der Waals surface area contributed by atoms with Gasteiger partial charge in [0.1, 0.15) is 51.7 Å². The van der Waals surface area contributed by atoms with E-state index in [9.17, 15) is 12.8 Å². The van der Waals surface area contributed by atoms with Crippen LogP contribution in [0.15, 0.2) is 88.3 Å². The van der Waals surface area contributed by atoms with Crippen LogP contribution in [0, 0.1) is 5.82 Å². The Bertz CT molecular complexity index is 1690. The van der Waals surface area contributed by atoms with Crippen molar-refractivity contribution in [3.8, 4) is 11.3 Å². The maximum Gasteiger partial charge on any atom is 0.148 e. The number of fused-ring (bicyclic) bond motifs is 1. The van der Waals surface area contributed by atoms with Gasteiger partial charge in [-0.05, 0) is 54.1 Å². The van der Waals surface area contributed by atoms with Crippen molar-refractivity contribution < 1.29 is 22.0 Å². The summed E-state index contributed by atoms with van der Waals surface area (Å²) in [5.74, 6) is 2.36. The number of rotatable bonds is 11. The van der Waals surface area contributed by atoms with Crippen molar-refractivity contribution in [3.63, 3.8) is 0 Å². The first kappa shape index (κ1) is 27.8. The summed E-state index contributed by atoms with van der Waals surface area (Å²) in [6.45, 7) is 0.998. The van der Waals surface area contributed by atoms with Crippen LogP contribution in [0.3, 0.4) is 0 Å². The van der Waals surface area contributed by atoms with Crippen molar-refractivity contribution in [2.75, 3.05) is 23.9 Å². The van der Waals surface area contributed by atoms with E-state index in [2.05, 4.69) is 20.6 Å². The average molecular weight is 583 g/mol. The Morgan fingerprint density at radius 3 is 2.83 bits per heavy atom. The summed E-state index contributed by atoms with van der Waals surface area (Å²) in [6.07, 6.45) is 6.99. The first-order valence-electron chi connectivity index (χ1n) is 12.7. The number of hydrogen-bond acceptors (Lipinski definition) is 8. The van der Waals surface area contributed by atoms with E-state index in [4.69, 9.17) is 20.8 Å². The van der Waals surface area contributed by atoms with E-state index in [0.29, 0.717) is 47.6 Å². The van der Waals surface area contributed by atoms with Gasteiger partial charge in [0, 0.05) is 30.2 Å². The van der Waals surface area contributed by atoms with Gasteiger partial charge in [-0.3, -0.25) is 0 Å². The van der Waals surface area contributed by atoms with E-state index in [1.807, 2.05) is 42.5 Å². The summed E-state index contributed by atoms with van der Waals surface area (Å²) in [4.78, 5) is 8.86. The van der Waals surface area contributed by atoms with Gasteiger partial charge in [-0.2, -0.15) is 0 Å². The monoisotopic (exact) mass is 582 g/mol. The van der Waals surface area contributed by atoms with Crippen LogP contribution in [0.25, 0.3) is 22.2 Å². The number of ether oxygens (including phenoxy) is 1. The molecule has 1 unspecified atom stereocenters. The smallest absolute Gasteiger partial charge is 0.148 e. The predicted octanol–water partition coefficient (Wildman–Crippen LogP) is 5.57. The van der Waals surface area contributed by atoms with Crippen molar-refractivity contribution >= 4 is 38.2 Å². The van der Waals surface area contributed by atoms with Crippen LogP contribution in [0.4, 0.5) is 10.2 Å². The Labute approximate surface area is 236 Å². The highest BCUT2D eigenvalue weighted by atomic mass is 35.5. The molecule has 0 bridgehead atoms. The SMILES string of the molecule is CS(=O)(=O)CCNCc1ccc(-c2ccc3ncnc(NC4C=CC(OCc5cccc(F)c5)=C(Cl)C4)c3c2)o1. The number of hydrogen-bond donors (Lipinski definition) is 2. The Morgan fingerprint density at radius 2 is 2.02 bits per heavy atom. The minimum Gasteiger partial charge on any atom is -0.488 e. The first-order chi connectivity index (χ1) is 19.2. The number of nitrogens with zero attached hydrogens (tertiary/aromatic N) is 2. The fourth-order valence-corrected chi connectivity index (χ4v) is 5.07. The van der Waals surface area contributed by atoms with Gasteiger partial charge in [0.25, 0.3) is 0 Å². The Morgan fingerprint density at radius 1 is 1.15 bits per heavy atom. The third kappa shape index (κ3) is 7.26. The van der Waals surface area contributed by atoms with Crippen molar-refractivity contribution in [1.29, 1.82) is 0 Å². The van der Waals surface area contributed by atoms with E-state index in [0.717, 1.165) is 22.0 Å². The molecule has 4 aromatic rings. The third-order valence-corrected chi connectivity index (χ3v) is 7.57. The molecule has 0 amide bonds. The zero-order valence-corrected chi connectivity index (χ0v) is 23.3. The summed E-state index contributed by atoms with van der Waals surface area (Å²) in [6, 6.07) is 15.7. The molecule has 1 aliphatic rings. The molecule has 0 radical (unpaired) electrons. The van der Waals surface area contributed by atoms with Crippen LogP contribution in [0.5, 0.6) is 0 Å². The van der Waals surface area contributed by atoms with Gasteiger partial charge < -0.3 is 19.8 Å². The summed E-state index contributed by atoms with van der Waals surface area (Å²) in [7, 11) is -3.02. The van der Waals surface area contributed by atoms with E-state index < -0.39 is 9.84 Å². The number of nitrogens with one attached hydrogen (secondary N) is 2. The predicted molar refractivity (Wildman–Crippen MR) is 154 cm³/mol. The topological polar surface area (TPSA) is 106 Å². The van der Waals surface area contributed by atoms with Crippen LogP contribution in [0.2, 0.25) is 0 Å². The molecule has 208 valence electrons. The molecule has 40 heavy (non-hydrogen) atoms. The minimum absolute atomic E-state index is 0.0709. The van der Waals surface area contributed by atoms with Gasteiger partial charge in [-0.1, -0.05) is 29.8 Å². The lowest BCUT2D eigenvalue weighted by atomic mass is 10.1. The number of furan rings is 1. The Kier molecular flexibility index (Phi) is 8.49. The Hall–Kier alpha value is -3.73. The highest BCUT2D eigenvalue weighted by Crippen LogP contribution is 2.31. The van der Waals surface area contributed by atoms with E-state index in [-0.39, 0.29) is 24.2 Å². The molecule has 0 aliphatic heterocycles. The minimum atomic E-state index is -3.02. The molecule has 2 N–H and O–H groups in total. The molecule has 1 aliphatic carbocycles. The van der Waals surface area contributed by atoms with Crippen molar-refractivity contribution in [1.82, 2.24) is 15.3 Å². The number of benzene rings is 2. The zero-order valence-electron chi connectivity index (χ0n) is 21.7. The molecule has 2 heterocycles. The fraction of sp³-hybridized carbons (Fsp3) is 0.241. The standard InChI is InChI=1S/C29H28ClFN4O4S/c1-40(36,37)12-11-32-16-23-7-10-27(39-23)20-5-8-26-24(14-20)29(34-18-33-26)35-22-6-9-28(25(30)15-22)38-17-19-3-2-4-21(31)13-19/h2-10,13-14,18,22,32H,11-12,15-17H2,1H3,(H,33,34,35). The van der Waals surface area contributed by atoms with Gasteiger partial charge >= 0.3 is 0 Å². The fourth-order valence-electron chi connectivity index (χ4n) is 4.27. The first-order valence-corrected chi connectivity index (χ1v) is 15.1. The van der Waals surface area contributed by atoms with Crippen LogP contribution < -0.4 is 10.6 Å².